The van der Waals surface area contributed by atoms with E-state index in [1.54, 1.807) is 6.92 Å². The van der Waals surface area contributed by atoms with Gasteiger partial charge in [0.1, 0.15) is 12.4 Å². The summed E-state index contributed by atoms with van der Waals surface area (Å²) in [5, 5.41) is 14.3. The van der Waals surface area contributed by atoms with E-state index in [9.17, 15) is 10.1 Å². The van der Waals surface area contributed by atoms with Crippen molar-refractivity contribution in [1.82, 2.24) is 5.32 Å². The zero-order valence-electron chi connectivity index (χ0n) is 11.4. The molecule has 19 heavy (non-hydrogen) atoms. The van der Waals surface area contributed by atoms with E-state index in [2.05, 4.69) is 5.32 Å². The van der Waals surface area contributed by atoms with Crippen LogP contribution in [0.15, 0.2) is 12.1 Å². The lowest BCUT2D eigenvalue weighted by Gasteiger charge is -2.23. The molecule has 0 aromatic heterocycles. The highest BCUT2D eigenvalue weighted by molar-refractivity contribution is 5.49. The molecule has 0 spiro atoms. The summed E-state index contributed by atoms with van der Waals surface area (Å²) in [4.78, 5) is 10.6. The highest BCUT2D eigenvalue weighted by Crippen LogP contribution is 2.28. The molecule has 0 aliphatic carbocycles. The molecule has 1 heterocycles. The summed E-state index contributed by atoms with van der Waals surface area (Å²) in [5.41, 5.74) is 1.74. The van der Waals surface area contributed by atoms with Crippen molar-refractivity contribution in [3.63, 3.8) is 0 Å². The van der Waals surface area contributed by atoms with Crippen molar-refractivity contribution in [2.75, 3.05) is 13.2 Å². The van der Waals surface area contributed by atoms with Crippen LogP contribution < -0.4 is 10.1 Å². The van der Waals surface area contributed by atoms with E-state index in [4.69, 9.17) is 4.74 Å². The summed E-state index contributed by atoms with van der Waals surface area (Å²) in [5.74, 6) is 0.615. The van der Waals surface area contributed by atoms with Gasteiger partial charge in [-0.25, -0.2) is 0 Å². The topological polar surface area (TPSA) is 64.4 Å². The van der Waals surface area contributed by atoms with Crippen LogP contribution in [0.2, 0.25) is 0 Å². The Bertz CT molecular complexity index is 468. The van der Waals surface area contributed by atoms with Crippen molar-refractivity contribution >= 4 is 5.69 Å². The molecule has 1 aliphatic rings. The molecule has 5 nitrogen and oxygen atoms in total. The predicted molar refractivity (Wildman–Crippen MR) is 73.7 cm³/mol. The monoisotopic (exact) mass is 264 g/mol. The van der Waals surface area contributed by atoms with Gasteiger partial charge in [0, 0.05) is 11.6 Å². The second-order valence-corrected chi connectivity index (χ2v) is 5.12. The number of piperidine rings is 1. The van der Waals surface area contributed by atoms with Gasteiger partial charge in [-0.15, -0.1) is 0 Å². The standard InChI is InChI=1S/C14H20N2O3/c1-10-7-11(2)14(8-13(10)16(17)18)19-9-12-5-3-4-6-15-12/h7-8,12,15H,3-6,9H2,1-2H3. The molecule has 0 saturated carbocycles. The van der Waals surface area contributed by atoms with Gasteiger partial charge in [0.25, 0.3) is 5.69 Å². The lowest BCUT2D eigenvalue weighted by Crippen LogP contribution is -2.38. The predicted octanol–water partition coefficient (Wildman–Crippen LogP) is 2.73. The quantitative estimate of drug-likeness (QED) is 0.671. The molecule has 1 unspecified atom stereocenters. The Morgan fingerprint density at radius 1 is 1.37 bits per heavy atom. The normalized spacial score (nSPS) is 19.2. The second kappa shape index (κ2) is 6.02. The number of nitro benzene ring substituents is 1. The first kappa shape index (κ1) is 13.8. The fourth-order valence-electron chi connectivity index (χ4n) is 2.43. The molecule has 1 aliphatic heterocycles. The Kier molecular flexibility index (Phi) is 4.37. The van der Waals surface area contributed by atoms with E-state index in [0.717, 1.165) is 18.5 Å². The van der Waals surface area contributed by atoms with Gasteiger partial charge in [-0.1, -0.05) is 6.42 Å². The van der Waals surface area contributed by atoms with Gasteiger partial charge in [-0.05, 0) is 44.9 Å². The number of nitrogens with one attached hydrogen (secondary N) is 1. The fraction of sp³-hybridized carbons (Fsp3) is 0.571. The largest absolute Gasteiger partial charge is 0.491 e. The minimum atomic E-state index is -0.361. The van der Waals surface area contributed by atoms with Gasteiger partial charge in [0.2, 0.25) is 0 Å². The number of nitrogens with zero attached hydrogens (tertiary/aromatic N) is 1. The average Bonchev–Trinajstić information content (AvgIpc) is 2.38. The lowest BCUT2D eigenvalue weighted by atomic mass is 10.1. The molecule has 0 radical (unpaired) electrons. The van der Waals surface area contributed by atoms with Crippen LogP contribution in [0, 0.1) is 24.0 Å². The summed E-state index contributed by atoms with van der Waals surface area (Å²) in [7, 11) is 0. The number of hydrogen-bond acceptors (Lipinski definition) is 4. The summed E-state index contributed by atoms with van der Waals surface area (Å²) in [6.45, 7) is 5.26. The Balaban J connectivity index is 2.06. The van der Waals surface area contributed by atoms with Crippen molar-refractivity contribution in [3.8, 4) is 5.75 Å². The van der Waals surface area contributed by atoms with Crippen molar-refractivity contribution in [3.05, 3.63) is 33.4 Å². The first-order chi connectivity index (χ1) is 9.08. The molecule has 1 atom stereocenters. The molecule has 1 saturated heterocycles. The van der Waals surface area contributed by atoms with Crippen molar-refractivity contribution in [2.24, 2.45) is 0 Å². The second-order valence-electron chi connectivity index (χ2n) is 5.12. The molecule has 0 bridgehead atoms. The van der Waals surface area contributed by atoms with E-state index >= 15 is 0 Å². The van der Waals surface area contributed by atoms with Crippen LogP contribution in [0.5, 0.6) is 5.75 Å². The molecule has 1 aromatic carbocycles. The average molecular weight is 264 g/mol. The Morgan fingerprint density at radius 2 is 2.16 bits per heavy atom. The molecular formula is C14H20N2O3. The van der Waals surface area contributed by atoms with E-state index in [1.165, 1.54) is 18.9 Å². The molecule has 2 rings (SSSR count). The highest BCUT2D eigenvalue weighted by atomic mass is 16.6. The number of nitro groups is 1. The molecule has 1 fully saturated rings. The van der Waals surface area contributed by atoms with E-state index in [-0.39, 0.29) is 10.6 Å². The van der Waals surface area contributed by atoms with Crippen molar-refractivity contribution in [2.45, 2.75) is 39.2 Å². The summed E-state index contributed by atoms with van der Waals surface area (Å²) in [6.07, 6.45) is 3.53. The number of hydrogen-bond donors (Lipinski definition) is 1. The number of benzene rings is 1. The molecule has 1 N–H and O–H groups in total. The zero-order valence-corrected chi connectivity index (χ0v) is 11.4. The number of rotatable bonds is 4. The summed E-state index contributed by atoms with van der Waals surface area (Å²) < 4.78 is 5.76. The van der Waals surface area contributed by atoms with Crippen LogP contribution in [0.25, 0.3) is 0 Å². The third kappa shape index (κ3) is 3.44. The molecule has 0 amide bonds. The lowest BCUT2D eigenvalue weighted by molar-refractivity contribution is -0.385. The van der Waals surface area contributed by atoms with Crippen LogP contribution in [-0.4, -0.2) is 24.1 Å². The SMILES string of the molecule is Cc1cc(C)c([N+](=O)[O-])cc1OCC1CCCCN1. The van der Waals surface area contributed by atoms with Crippen LogP contribution in [-0.2, 0) is 0 Å². The van der Waals surface area contributed by atoms with Gasteiger partial charge >= 0.3 is 0 Å². The number of aryl methyl sites for hydroxylation is 2. The van der Waals surface area contributed by atoms with Crippen molar-refractivity contribution < 1.29 is 9.66 Å². The highest BCUT2D eigenvalue weighted by Gasteiger charge is 2.17. The van der Waals surface area contributed by atoms with Crippen LogP contribution in [0.3, 0.4) is 0 Å². The summed E-state index contributed by atoms with van der Waals surface area (Å²) >= 11 is 0. The Hall–Kier alpha value is -1.62. The first-order valence-corrected chi connectivity index (χ1v) is 6.69. The van der Waals surface area contributed by atoms with E-state index in [0.29, 0.717) is 24.0 Å². The smallest absolute Gasteiger partial charge is 0.276 e. The van der Waals surface area contributed by atoms with E-state index in [1.807, 2.05) is 13.0 Å². The Labute approximate surface area is 113 Å². The van der Waals surface area contributed by atoms with Crippen LogP contribution in [0.1, 0.15) is 30.4 Å². The minimum Gasteiger partial charge on any atom is -0.491 e. The Morgan fingerprint density at radius 3 is 2.79 bits per heavy atom. The van der Waals surface area contributed by atoms with Crippen molar-refractivity contribution in [1.29, 1.82) is 0 Å². The maximum absolute atomic E-state index is 10.9. The zero-order chi connectivity index (χ0) is 13.8. The van der Waals surface area contributed by atoms with Crippen LogP contribution >= 0.6 is 0 Å². The maximum atomic E-state index is 10.9. The minimum absolute atomic E-state index is 0.122. The van der Waals surface area contributed by atoms with Gasteiger partial charge in [0.05, 0.1) is 11.0 Å². The molecule has 5 heteroatoms. The molecule has 1 aromatic rings. The molecule has 104 valence electrons. The maximum Gasteiger partial charge on any atom is 0.276 e. The van der Waals surface area contributed by atoms with Gasteiger partial charge in [0.15, 0.2) is 0 Å². The third-order valence-corrected chi connectivity index (χ3v) is 3.54. The summed E-state index contributed by atoms with van der Waals surface area (Å²) in [6, 6.07) is 3.70. The van der Waals surface area contributed by atoms with E-state index < -0.39 is 0 Å². The first-order valence-electron chi connectivity index (χ1n) is 6.69. The van der Waals surface area contributed by atoms with Crippen LogP contribution in [0.4, 0.5) is 5.69 Å². The third-order valence-electron chi connectivity index (χ3n) is 3.54. The van der Waals surface area contributed by atoms with Gasteiger partial charge in [-0.3, -0.25) is 10.1 Å². The fourth-order valence-corrected chi connectivity index (χ4v) is 2.43. The molecular weight excluding hydrogens is 244 g/mol. The number of ether oxygens (including phenoxy) is 1. The van der Waals surface area contributed by atoms with Gasteiger partial charge in [-0.2, -0.15) is 0 Å². The van der Waals surface area contributed by atoms with Gasteiger partial charge < -0.3 is 10.1 Å².